The third kappa shape index (κ3) is 4.71. The number of rotatable bonds is 6. The van der Waals surface area contributed by atoms with Gasteiger partial charge in [0, 0.05) is 49.1 Å². The second kappa shape index (κ2) is 9.59. The summed E-state index contributed by atoms with van der Waals surface area (Å²) in [7, 11) is 1.78. The third-order valence-electron chi connectivity index (χ3n) is 5.82. The SMILES string of the molecule is Cc1nnc(SCc2c(C(=O)N3CCC(NC(=O)c4cnn(C)c4)CC3)oc3ccccc23)s1. The van der Waals surface area contributed by atoms with Crippen LogP contribution in [0.2, 0.25) is 0 Å². The number of amides is 2. The summed E-state index contributed by atoms with van der Waals surface area (Å²) in [6.45, 7) is 3.03. The van der Waals surface area contributed by atoms with E-state index in [2.05, 4.69) is 20.6 Å². The number of piperidine rings is 1. The smallest absolute Gasteiger partial charge is 0.289 e. The lowest BCUT2D eigenvalue weighted by atomic mass is 10.0. The molecule has 4 heterocycles. The van der Waals surface area contributed by atoms with Crippen molar-refractivity contribution in [1.29, 1.82) is 0 Å². The number of likely N-dealkylation sites (tertiary alicyclic amines) is 1. The van der Waals surface area contributed by atoms with Crippen molar-refractivity contribution >= 4 is 45.9 Å². The molecular weight excluding hydrogens is 472 g/mol. The molecule has 0 spiro atoms. The Morgan fingerprint density at radius 1 is 1.24 bits per heavy atom. The van der Waals surface area contributed by atoms with Crippen molar-refractivity contribution in [3.05, 3.63) is 58.6 Å². The van der Waals surface area contributed by atoms with Gasteiger partial charge in [-0.1, -0.05) is 41.3 Å². The first kappa shape index (κ1) is 22.6. The van der Waals surface area contributed by atoms with Gasteiger partial charge in [-0.3, -0.25) is 14.3 Å². The normalized spacial score (nSPS) is 14.6. The van der Waals surface area contributed by atoms with Crippen LogP contribution in [0.1, 0.15) is 44.3 Å². The number of nitrogens with zero attached hydrogens (tertiary/aromatic N) is 5. The lowest BCUT2D eigenvalue weighted by molar-refractivity contribution is 0.0668. The first-order chi connectivity index (χ1) is 16.5. The fourth-order valence-corrected chi connectivity index (χ4v) is 5.91. The molecule has 11 heteroatoms. The van der Waals surface area contributed by atoms with Gasteiger partial charge in [0.15, 0.2) is 10.1 Å². The fourth-order valence-electron chi connectivity index (χ4n) is 4.06. The highest BCUT2D eigenvalue weighted by Gasteiger charge is 2.29. The number of para-hydroxylation sites is 1. The molecule has 176 valence electrons. The molecule has 2 amide bonds. The highest BCUT2D eigenvalue weighted by molar-refractivity contribution is 8.00. The number of benzene rings is 1. The summed E-state index contributed by atoms with van der Waals surface area (Å²) in [6, 6.07) is 7.74. The number of nitrogens with one attached hydrogen (secondary N) is 1. The monoisotopic (exact) mass is 496 g/mol. The predicted octanol–water partition coefficient (Wildman–Crippen LogP) is 3.65. The number of aromatic nitrogens is 4. The summed E-state index contributed by atoms with van der Waals surface area (Å²) in [6.07, 6.45) is 4.62. The van der Waals surface area contributed by atoms with Gasteiger partial charge in [0.25, 0.3) is 11.8 Å². The molecule has 1 saturated heterocycles. The molecule has 1 fully saturated rings. The zero-order valence-electron chi connectivity index (χ0n) is 18.9. The van der Waals surface area contributed by atoms with E-state index in [0.29, 0.717) is 48.6 Å². The number of aryl methyl sites for hydroxylation is 2. The summed E-state index contributed by atoms with van der Waals surface area (Å²) in [4.78, 5) is 27.7. The van der Waals surface area contributed by atoms with Crippen LogP contribution < -0.4 is 5.32 Å². The second-order valence-electron chi connectivity index (χ2n) is 8.22. The van der Waals surface area contributed by atoms with Gasteiger partial charge >= 0.3 is 0 Å². The topological polar surface area (TPSA) is 106 Å². The van der Waals surface area contributed by atoms with Gasteiger partial charge in [0.2, 0.25) is 0 Å². The van der Waals surface area contributed by atoms with E-state index < -0.39 is 0 Å². The van der Waals surface area contributed by atoms with E-state index in [-0.39, 0.29) is 17.9 Å². The van der Waals surface area contributed by atoms with Crippen LogP contribution in [0.3, 0.4) is 0 Å². The van der Waals surface area contributed by atoms with Crippen molar-refractivity contribution in [2.75, 3.05) is 13.1 Å². The lowest BCUT2D eigenvalue weighted by Crippen LogP contribution is -2.46. The first-order valence-electron chi connectivity index (χ1n) is 11.0. The van der Waals surface area contributed by atoms with Crippen LogP contribution in [0, 0.1) is 6.92 Å². The van der Waals surface area contributed by atoms with Gasteiger partial charge in [-0.2, -0.15) is 5.10 Å². The van der Waals surface area contributed by atoms with Gasteiger partial charge in [0.05, 0.1) is 11.8 Å². The van der Waals surface area contributed by atoms with Crippen molar-refractivity contribution < 1.29 is 14.0 Å². The Morgan fingerprint density at radius 2 is 2.03 bits per heavy atom. The van der Waals surface area contributed by atoms with E-state index in [0.717, 1.165) is 20.3 Å². The number of furan rings is 1. The molecule has 1 aliphatic heterocycles. The molecule has 0 radical (unpaired) electrons. The summed E-state index contributed by atoms with van der Waals surface area (Å²) >= 11 is 3.10. The number of thioether (sulfide) groups is 1. The van der Waals surface area contributed by atoms with Crippen LogP contribution in [-0.4, -0.2) is 55.8 Å². The van der Waals surface area contributed by atoms with Crippen LogP contribution >= 0.6 is 23.1 Å². The molecule has 0 atom stereocenters. The molecule has 34 heavy (non-hydrogen) atoms. The zero-order chi connectivity index (χ0) is 23.7. The lowest BCUT2D eigenvalue weighted by Gasteiger charge is -2.32. The van der Waals surface area contributed by atoms with Crippen molar-refractivity contribution in [1.82, 2.24) is 30.2 Å². The molecule has 1 aromatic carbocycles. The van der Waals surface area contributed by atoms with E-state index in [4.69, 9.17) is 4.42 Å². The maximum atomic E-state index is 13.5. The van der Waals surface area contributed by atoms with Crippen molar-refractivity contribution in [2.24, 2.45) is 7.05 Å². The fraction of sp³-hybridized carbons (Fsp3) is 0.348. The molecule has 1 aliphatic rings. The average Bonchev–Trinajstić information content (AvgIpc) is 3.56. The molecule has 9 nitrogen and oxygen atoms in total. The van der Waals surface area contributed by atoms with E-state index in [1.165, 1.54) is 11.3 Å². The van der Waals surface area contributed by atoms with Gasteiger partial charge in [-0.15, -0.1) is 10.2 Å². The van der Waals surface area contributed by atoms with Crippen LogP contribution in [0.25, 0.3) is 11.0 Å². The Bertz CT molecular complexity index is 1340. The highest BCUT2D eigenvalue weighted by atomic mass is 32.2. The molecular formula is C23H24N6O3S2. The maximum Gasteiger partial charge on any atom is 0.289 e. The Morgan fingerprint density at radius 3 is 2.74 bits per heavy atom. The highest BCUT2D eigenvalue weighted by Crippen LogP contribution is 2.34. The minimum absolute atomic E-state index is 0.0168. The Hall–Kier alpha value is -3.18. The van der Waals surface area contributed by atoms with Crippen LogP contribution in [0.5, 0.6) is 0 Å². The number of carbonyl (C=O) groups is 2. The largest absolute Gasteiger partial charge is 0.451 e. The molecule has 1 N–H and O–H groups in total. The van der Waals surface area contributed by atoms with Crippen LogP contribution in [0.15, 0.2) is 45.4 Å². The Balaban J connectivity index is 1.27. The molecule has 5 rings (SSSR count). The van der Waals surface area contributed by atoms with Gasteiger partial charge in [-0.25, -0.2) is 0 Å². The van der Waals surface area contributed by atoms with E-state index >= 15 is 0 Å². The molecule has 0 bridgehead atoms. The summed E-state index contributed by atoms with van der Waals surface area (Å²) in [5, 5.41) is 17.2. The average molecular weight is 497 g/mol. The van der Waals surface area contributed by atoms with E-state index in [1.807, 2.05) is 36.1 Å². The molecule has 3 aromatic heterocycles. The Labute approximate surface area is 204 Å². The van der Waals surface area contributed by atoms with E-state index in [1.54, 1.807) is 35.9 Å². The summed E-state index contributed by atoms with van der Waals surface area (Å²) in [5.41, 5.74) is 2.12. The molecule has 4 aromatic rings. The summed E-state index contributed by atoms with van der Waals surface area (Å²) in [5.74, 6) is 0.705. The van der Waals surface area contributed by atoms with Gasteiger partial charge < -0.3 is 14.6 Å². The quantitative estimate of drug-likeness (QED) is 0.406. The molecule has 0 saturated carbocycles. The minimum atomic E-state index is -0.138. The minimum Gasteiger partial charge on any atom is -0.451 e. The number of hydrogen-bond donors (Lipinski definition) is 1. The van der Waals surface area contributed by atoms with Crippen molar-refractivity contribution in [3.8, 4) is 0 Å². The van der Waals surface area contributed by atoms with Crippen molar-refractivity contribution in [2.45, 2.75) is 35.9 Å². The maximum absolute atomic E-state index is 13.5. The van der Waals surface area contributed by atoms with Crippen LogP contribution in [0.4, 0.5) is 0 Å². The van der Waals surface area contributed by atoms with E-state index in [9.17, 15) is 9.59 Å². The second-order valence-corrected chi connectivity index (χ2v) is 10.6. The van der Waals surface area contributed by atoms with Crippen molar-refractivity contribution in [3.63, 3.8) is 0 Å². The molecule has 0 aliphatic carbocycles. The number of carbonyl (C=O) groups excluding carboxylic acids is 2. The number of fused-ring (bicyclic) bond motifs is 1. The third-order valence-corrected chi connectivity index (χ3v) is 7.82. The summed E-state index contributed by atoms with van der Waals surface area (Å²) < 4.78 is 8.51. The Kier molecular flexibility index (Phi) is 6.38. The zero-order valence-corrected chi connectivity index (χ0v) is 20.5. The van der Waals surface area contributed by atoms with Crippen LogP contribution in [-0.2, 0) is 12.8 Å². The predicted molar refractivity (Wildman–Crippen MR) is 130 cm³/mol. The van der Waals surface area contributed by atoms with Gasteiger partial charge in [-0.05, 0) is 25.8 Å². The first-order valence-corrected chi connectivity index (χ1v) is 12.8. The standard InChI is InChI=1S/C23H24N6O3S2/c1-14-26-27-23(34-14)33-13-18-17-5-3-4-6-19(17)32-20(18)22(31)29-9-7-16(8-10-29)25-21(30)15-11-24-28(2)12-15/h3-6,11-12,16H,7-10,13H2,1-2H3,(H,25,30). The molecule has 0 unspecified atom stereocenters. The number of hydrogen-bond acceptors (Lipinski definition) is 8. The van der Waals surface area contributed by atoms with Gasteiger partial charge in [0.1, 0.15) is 10.6 Å².